The highest BCUT2D eigenvalue weighted by molar-refractivity contribution is 5.92. The van der Waals surface area contributed by atoms with Crippen molar-refractivity contribution in [2.45, 2.75) is 57.1 Å². The highest BCUT2D eigenvalue weighted by Crippen LogP contribution is 2.37. The fraction of sp³-hybridized carbons (Fsp3) is 0.579. The minimum absolute atomic E-state index is 0.119. The first kappa shape index (κ1) is 17.9. The number of aromatic nitrogens is 4. The Bertz CT molecular complexity index is 801. The second kappa shape index (κ2) is 7.64. The van der Waals surface area contributed by atoms with Gasteiger partial charge in [-0.1, -0.05) is 13.3 Å². The summed E-state index contributed by atoms with van der Waals surface area (Å²) in [6, 6.07) is 4.00. The third kappa shape index (κ3) is 3.95. The van der Waals surface area contributed by atoms with Gasteiger partial charge in [-0.3, -0.25) is 9.89 Å². The molecule has 1 saturated carbocycles. The average molecular weight is 370 g/mol. The molecular weight excluding hydrogens is 344 g/mol. The molecule has 0 unspecified atom stereocenters. The van der Waals surface area contributed by atoms with Gasteiger partial charge in [0, 0.05) is 42.5 Å². The van der Waals surface area contributed by atoms with Gasteiger partial charge < -0.3 is 15.3 Å². The van der Waals surface area contributed by atoms with E-state index in [9.17, 15) is 9.90 Å². The molecule has 2 fully saturated rings. The summed E-state index contributed by atoms with van der Waals surface area (Å²) in [7, 11) is 0. The first-order chi connectivity index (χ1) is 13.1. The van der Waals surface area contributed by atoms with Crippen LogP contribution in [0.15, 0.2) is 18.5 Å². The molecule has 2 aliphatic rings. The Balaban J connectivity index is 1.31. The monoisotopic (exact) mass is 370 g/mol. The Morgan fingerprint density at radius 3 is 2.96 bits per heavy atom. The van der Waals surface area contributed by atoms with Gasteiger partial charge in [0.15, 0.2) is 0 Å². The molecule has 1 amide bonds. The number of H-pyrrole nitrogens is 1. The van der Waals surface area contributed by atoms with Crippen LogP contribution in [0, 0.1) is 0 Å². The lowest BCUT2D eigenvalue weighted by Crippen LogP contribution is -2.43. The standard InChI is InChI=1S/C19H26N6O2/c1-2-3-13-8-17(24-23-13)19(27)22-14-6-12(7-14)16-9-18(21-11-20-16)25-5-4-15(26)10-25/h8-9,11-12,14-15,26H,2-7,10H2,1H3,(H,22,27)(H,23,24)/t12?,14?,15-/m1/s1. The van der Waals surface area contributed by atoms with E-state index in [-0.39, 0.29) is 18.1 Å². The third-order valence-corrected chi connectivity index (χ3v) is 5.44. The SMILES string of the molecule is CCCc1cc(C(=O)NC2CC(c3cc(N4CC[C@@H](O)C4)ncn3)C2)n[nH]1. The summed E-state index contributed by atoms with van der Waals surface area (Å²) in [5.74, 6) is 1.09. The Morgan fingerprint density at radius 2 is 2.22 bits per heavy atom. The molecule has 0 radical (unpaired) electrons. The van der Waals surface area contributed by atoms with Gasteiger partial charge in [0.1, 0.15) is 17.8 Å². The molecule has 1 aliphatic heterocycles. The van der Waals surface area contributed by atoms with E-state index in [2.05, 4.69) is 37.3 Å². The van der Waals surface area contributed by atoms with Crippen molar-refractivity contribution in [3.63, 3.8) is 0 Å². The Labute approximate surface area is 158 Å². The molecule has 4 rings (SSSR count). The normalized spacial score (nSPS) is 24.7. The van der Waals surface area contributed by atoms with Gasteiger partial charge in [-0.25, -0.2) is 9.97 Å². The van der Waals surface area contributed by atoms with Crippen LogP contribution in [-0.2, 0) is 6.42 Å². The van der Waals surface area contributed by atoms with Crippen molar-refractivity contribution < 1.29 is 9.90 Å². The summed E-state index contributed by atoms with van der Waals surface area (Å²) in [4.78, 5) is 23.2. The number of hydrogen-bond donors (Lipinski definition) is 3. The summed E-state index contributed by atoms with van der Waals surface area (Å²) in [5.41, 5.74) is 2.46. The summed E-state index contributed by atoms with van der Waals surface area (Å²) in [5, 5.41) is 19.8. The molecule has 144 valence electrons. The Morgan fingerprint density at radius 1 is 1.37 bits per heavy atom. The molecule has 3 heterocycles. The smallest absolute Gasteiger partial charge is 0.271 e. The van der Waals surface area contributed by atoms with E-state index in [0.29, 0.717) is 18.2 Å². The van der Waals surface area contributed by atoms with Gasteiger partial charge in [0.25, 0.3) is 5.91 Å². The summed E-state index contributed by atoms with van der Waals surface area (Å²) >= 11 is 0. The van der Waals surface area contributed by atoms with Gasteiger partial charge in [0.2, 0.25) is 0 Å². The van der Waals surface area contributed by atoms with Crippen molar-refractivity contribution in [2.24, 2.45) is 0 Å². The van der Waals surface area contributed by atoms with Crippen LogP contribution < -0.4 is 10.2 Å². The molecule has 8 heteroatoms. The van der Waals surface area contributed by atoms with E-state index in [4.69, 9.17) is 0 Å². The number of hydrogen-bond acceptors (Lipinski definition) is 6. The number of amides is 1. The van der Waals surface area contributed by atoms with Gasteiger partial charge in [-0.2, -0.15) is 5.10 Å². The van der Waals surface area contributed by atoms with Crippen LogP contribution in [0.5, 0.6) is 0 Å². The van der Waals surface area contributed by atoms with E-state index in [0.717, 1.165) is 55.9 Å². The van der Waals surface area contributed by atoms with Gasteiger partial charge in [-0.15, -0.1) is 0 Å². The van der Waals surface area contributed by atoms with Crippen LogP contribution >= 0.6 is 0 Å². The van der Waals surface area contributed by atoms with Gasteiger partial charge >= 0.3 is 0 Å². The van der Waals surface area contributed by atoms with E-state index in [1.54, 1.807) is 6.33 Å². The molecule has 0 spiro atoms. The zero-order valence-corrected chi connectivity index (χ0v) is 15.6. The number of nitrogens with one attached hydrogen (secondary N) is 2. The second-order valence-electron chi connectivity index (χ2n) is 7.56. The topological polar surface area (TPSA) is 107 Å². The second-order valence-corrected chi connectivity index (χ2v) is 7.56. The number of aromatic amines is 1. The van der Waals surface area contributed by atoms with Crippen LogP contribution in [-0.4, -0.2) is 56.4 Å². The summed E-state index contributed by atoms with van der Waals surface area (Å²) in [6.45, 7) is 3.55. The van der Waals surface area contributed by atoms with Crippen LogP contribution in [0.1, 0.15) is 60.4 Å². The minimum Gasteiger partial charge on any atom is -0.391 e. The van der Waals surface area contributed by atoms with E-state index in [1.165, 1.54) is 0 Å². The number of nitrogens with zero attached hydrogens (tertiary/aromatic N) is 4. The Kier molecular flexibility index (Phi) is 5.07. The Hall–Kier alpha value is -2.48. The molecule has 2 aromatic rings. The lowest BCUT2D eigenvalue weighted by atomic mass is 9.78. The molecule has 1 saturated heterocycles. The minimum atomic E-state index is -0.272. The number of rotatable bonds is 6. The number of aliphatic hydroxyl groups excluding tert-OH is 1. The maximum absolute atomic E-state index is 12.3. The maximum atomic E-state index is 12.3. The quantitative estimate of drug-likeness (QED) is 0.710. The number of carbonyl (C=O) groups excluding carboxylic acids is 1. The van der Waals surface area contributed by atoms with Crippen molar-refractivity contribution in [1.82, 2.24) is 25.5 Å². The van der Waals surface area contributed by atoms with Crippen molar-refractivity contribution in [2.75, 3.05) is 18.0 Å². The largest absolute Gasteiger partial charge is 0.391 e. The summed E-state index contributed by atoms with van der Waals surface area (Å²) in [6.07, 6.45) is 5.77. The number of aliphatic hydroxyl groups is 1. The van der Waals surface area contributed by atoms with Gasteiger partial charge in [-0.05, 0) is 31.7 Å². The highest BCUT2D eigenvalue weighted by atomic mass is 16.3. The average Bonchev–Trinajstić information content (AvgIpc) is 3.27. The maximum Gasteiger partial charge on any atom is 0.271 e. The molecule has 0 bridgehead atoms. The predicted molar refractivity (Wildman–Crippen MR) is 101 cm³/mol. The molecular formula is C19H26N6O2. The zero-order valence-electron chi connectivity index (χ0n) is 15.6. The van der Waals surface area contributed by atoms with Crippen LogP contribution in [0.3, 0.4) is 0 Å². The molecule has 8 nitrogen and oxygen atoms in total. The molecule has 3 N–H and O–H groups in total. The third-order valence-electron chi connectivity index (χ3n) is 5.44. The lowest BCUT2D eigenvalue weighted by Gasteiger charge is -2.35. The van der Waals surface area contributed by atoms with Crippen LogP contribution in [0.25, 0.3) is 0 Å². The van der Waals surface area contributed by atoms with Crippen molar-refractivity contribution >= 4 is 11.7 Å². The highest BCUT2D eigenvalue weighted by Gasteiger charge is 2.33. The van der Waals surface area contributed by atoms with Crippen LogP contribution in [0.4, 0.5) is 5.82 Å². The first-order valence-electron chi connectivity index (χ1n) is 9.72. The predicted octanol–water partition coefficient (Wildman–Crippen LogP) is 1.40. The molecule has 2 aromatic heterocycles. The molecule has 27 heavy (non-hydrogen) atoms. The summed E-state index contributed by atoms with van der Waals surface area (Å²) < 4.78 is 0. The van der Waals surface area contributed by atoms with E-state index >= 15 is 0 Å². The zero-order chi connectivity index (χ0) is 18.8. The molecule has 1 aliphatic carbocycles. The number of aryl methyl sites for hydroxylation is 1. The van der Waals surface area contributed by atoms with Gasteiger partial charge in [0.05, 0.1) is 6.10 Å². The number of β-amino-alcohol motifs (C(OH)–C–C–N with tert-alkyl or cyclic N) is 1. The van der Waals surface area contributed by atoms with Crippen molar-refractivity contribution in [3.8, 4) is 0 Å². The fourth-order valence-corrected chi connectivity index (χ4v) is 3.82. The molecule has 0 aromatic carbocycles. The number of carbonyl (C=O) groups is 1. The van der Waals surface area contributed by atoms with Crippen LogP contribution in [0.2, 0.25) is 0 Å². The van der Waals surface area contributed by atoms with Crippen molar-refractivity contribution in [1.29, 1.82) is 0 Å². The van der Waals surface area contributed by atoms with E-state index < -0.39 is 0 Å². The fourth-order valence-electron chi connectivity index (χ4n) is 3.82. The lowest BCUT2D eigenvalue weighted by molar-refractivity contribution is 0.0903. The number of anilines is 1. The van der Waals surface area contributed by atoms with E-state index in [1.807, 2.05) is 12.1 Å². The first-order valence-corrected chi connectivity index (χ1v) is 9.72. The van der Waals surface area contributed by atoms with Crippen molar-refractivity contribution in [3.05, 3.63) is 35.5 Å². The molecule has 1 atom stereocenters.